The van der Waals surface area contributed by atoms with Gasteiger partial charge in [-0.05, 0) is 76.1 Å². The first-order valence-electron chi connectivity index (χ1n) is 15.9. The monoisotopic (exact) mass is 616 g/mol. The van der Waals surface area contributed by atoms with Gasteiger partial charge in [0.2, 0.25) is 0 Å². The molecular weight excluding hydrogens is 568 g/mol. The molecule has 4 rings (SSSR count). The number of rotatable bonds is 8. The molecule has 1 aliphatic heterocycles. The maximum atomic E-state index is 14.3. The van der Waals surface area contributed by atoms with E-state index < -0.39 is 12.1 Å². The molecule has 0 aliphatic carbocycles. The highest BCUT2D eigenvalue weighted by Gasteiger charge is 2.30. The average Bonchev–Trinajstić information content (AvgIpc) is 3.03. The zero-order valence-corrected chi connectivity index (χ0v) is 26.9. The number of nitrogens with one attached hydrogen (secondary N) is 2. The van der Waals surface area contributed by atoms with Crippen molar-refractivity contribution in [1.29, 1.82) is 0 Å². The summed E-state index contributed by atoms with van der Waals surface area (Å²) in [5.41, 5.74) is 2.68. The number of amides is 3. The zero-order chi connectivity index (χ0) is 32.2. The van der Waals surface area contributed by atoms with Gasteiger partial charge in [-0.15, -0.1) is 0 Å². The number of carbonyl (C=O) groups excluding carboxylic acids is 2. The molecule has 0 fully saturated rings. The Hall–Kier alpha value is -3.92. The van der Waals surface area contributed by atoms with Crippen molar-refractivity contribution in [2.45, 2.75) is 64.8 Å². The molecule has 9 nitrogen and oxygen atoms in total. The number of fused-ring (bicyclic) bond motifs is 1. The van der Waals surface area contributed by atoms with Gasteiger partial charge in [0.1, 0.15) is 5.75 Å². The summed E-state index contributed by atoms with van der Waals surface area (Å²) >= 11 is 0. The number of para-hydroxylation sites is 1. The van der Waals surface area contributed by atoms with Crippen LogP contribution in [-0.4, -0.2) is 78.4 Å². The number of benzene rings is 3. The minimum atomic E-state index is -0.446. The van der Waals surface area contributed by atoms with E-state index in [0.29, 0.717) is 42.4 Å². The second kappa shape index (κ2) is 17.0. The van der Waals surface area contributed by atoms with Gasteiger partial charge in [-0.3, -0.25) is 9.69 Å². The lowest BCUT2D eigenvalue weighted by Crippen LogP contribution is -2.47. The molecule has 9 heteroatoms. The molecule has 45 heavy (non-hydrogen) atoms. The fourth-order valence-corrected chi connectivity index (χ4v) is 5.54. The van der Waals surface area contributed by atoms with Crippen LogP contribution in [-0.2, 0) is 11.3 Å². The summed E-state index contributed by atoms with van der Waals surface area (Å²) in [5, 5.41) is 15.9. The van der Waals surface area contributed by atoms with E-state index >= 15 is 0 Å². The van der Waals surface area contributed by atoms with Gasteiger partial charge in [0.15, 0.2) is 0 Å². The molecule has 3 aromatic rings. The number of aliphatic hydroxyl groups excluding tert-OH is 1. The molecule has 1 aliphatic rings. The van der Waals surface area contributed by atoms with Gasteiger partial charge in [0.05, 0.1) is 30.4 Å². The zero-order valence-electron chi connectivity index (χ0n) is 26.9. The van der Waals surface area contributed by atoms with Crippen LogP contribution in [0.1, 0.15) is 56.0 Å². The third-order valence-corrected chi connectivity index (χ3v) is 8.13. The summed E-state index contributed by atoms with van der Waals surface area (Å²) in [4.78, 5) is 31.0. The van der Waals surface area contributed by atoms with Crippen molar-refractivity contribution in [3.05, 3.63) is 90.0 Å². The molecule has 242 valence electrons. The Bertz CT molecular complexity index is 1360. The van der Waals surface area contributed by atoms with E-state index in [2.05, 4.69) is 41.6 Å². The highest BCUT2D eigenvalue weighted by molar-refractivity contribution is 6.02. The van der Waals surface area contributed by atoms with Crippen molar-refractivity contribution >= 4 is 23.3 Å². The number of anilines is 2. The molecule has 0 radical (unpaired) electrons. The Labute approximate surface area is 267 Å². The van der Waals surface area contributed by atoms with Crippen LogP contribution in [0.25, 0.3) is 0 Å². The number of likely N-dealkylation sites (N-methyl/N-ethyl adjacent to an activating group) is 1. The van der Waals surface area contributed by atoms with Crippen LogP contribution in [0.5, 0.6) is 5.75 Å². The second-order valence-electron chi connectivity index (χ2n) is 12.1. The molecule has 3 aromatic carbocycles. The summed E-state index contributed by atoms with van der Waals surface area (Å²) in [7, 11) is 2.09. The molecule has 3 N–H and O–H groups in total. The molecule has 0 bridgehead atoms. The minimum Gasteiger partial charge on any atom is -0.490 e. The normalized spacial score (nSPS) is 20.4. The molecule has 0 unspecified atom stereocenters. The topological polar surface area (TPSA) is 103 Å². The number of hydrogen-bond donors (Lipinski definition) is 3. The van der Waals surface area contributed by atoms with Gasteiger partial charge >= 0.3 is 6.03 Å². The van der Waals surface area contributed by atoms with E-state index in [9.17, 15) is 14.7 Å². The molecule has 0 aromatic heterocycles. The van der Waals surface area contributed by atoms with E-state index in [1.54, 1.807) is 35.2 Å². The lowest BCUT2D eigenvalue weighted by molar-refractivity contribution is -0.0177. The third-order valence-electron chi connectivity index (χ3n) is 8.13. The van der Waals surface area contributed by atoms with Crippen LogP contribution in [0.3, 0.4) is 0 Å². The van der Waals surface area contributed by atoms with E-state index in [-0.39, 0.29) is 30.6 Å². The lowest BCUT2D eigenvalue weighted by atomic mass is 10.0. The van der Waals surface area contributed by atoms with Crippen LogP contribution >= 0.6 is 0 Å². The largest absolute Gasteiger partial charge is 0.490 e. The Morgan fingerprint density at radius 1 is 1.00 bits per heavy atom. The van der Waals surface area contributed by atoms with E-state index in [1.807, 2.05) is 50.2 Å². The number of hydrogen-bond acceptors (Lipinski definition) is 6. The third kappa shape index (κ3) is 10.3. The molecular formula is C36H48N4O5. The summed E-state index contributed by atoms with van der Waals surface area (Å²) in [5.74, 6) is 0.160. The summed E-state index contributed by atoms with van der Waals surface area (Å²) in [6.07, 6.45) is 2.39. The molecule has 3 amide bonds. The van der Waals surface area contributed by atoms with Gasteiger partial charge < -0.3 is 30.1 Å². The minimum absolute atomic E-state index is 0.0228. The first-order valence-corrected chi connectivity index (χ1v) is 15.9. The quantitative estimate of drug-likeness (QED) is 0.276. The Morgan fingerprint density at radius 3 is 2.40 bits per heavy atom. The van der Waals surface area contributed by atoms with Gasteiger partial charge in [0, 0.05) is 43.5 Å². The van der Waals surface area contributed by atoms with E-state index in [4.69, 9.17) is 9.47 Å². The predicted molar refractivity (Wildman–Crippen MR) is 179 cm³/mol. The predicted octanol–water partition coefficient (Wildman–Crippen LogP) is 6.26. The Balaban J connectivity index is 1.59. The number of aliphatic hydroxyl groups is 1. The number of carbonyl (C=O) groups is 2. The molecule has 0 spiro atoms. The van der Waals surface area contributed by atoms with Gasteiger partial charge in [-0.1, -0.05) is 55.5 Å². The first-order chi connectivity index (χ1) is 21.7. The number of ether oxygens (including phenoxy) is 2. The molecule has 0 saturated heterocycles. The molecule has 4 atom stereocenters. The lowest BCUT2D eigenvalue weighted by Gasteiger charge is -2.36. The van der Waals surface area contributed by atoms with Gasteiger partial charge in [-0.2, -0.15) is 0 Å². The van der Waals surface area contributed by atoms with Crippen LogP contribution < -0.4 is 15.4 Å². The Kier molecular flexibility index (Phi) is 12.8. The highest BCUT2D eigenvalue weighted by Crippen LogP contribution is 2.29. The Morgan fingerprint density at radius 2 is 1.69 bits per heavy atom. The number of urea groups is 1. The van der Waals surface area contributed by atoms with Crippen molar-refractivity contribution in [2.24, 2.45) is 5.92 Å². The fourth-order valence-electron chi connectivity index (χ4n) is 5.54. The van der Waals surface area contributed by atoms with Crippen LogP contribution in [0.4, 0.5) is 16.2 Å². The maximum absolute atomic E-state index is 14.3. The SMILES string of the molecule is C[C@@H]1CN([C@H](C)CO)C(=O)c2cc(NC(=O)Nc3ccccc3)ccc2O[C@@H](C)CCCCO[C@@H]1CN(C)Cc1ccccc1. The van der Waals surface area contributed by atoms with Crippen molar-refractivity contribution in [1.82, 2.24) is 9.80 Å². The second-order valence-corrected chi connectivity index (χ2v) is 12.1. The summed E-state index contributed by atoms with van der Waals surface area (Å²) < 4.78 is 12.8. The van der Waals surface area contributed by atoms with Crippen molar-refractivity contribution in [2.75, 3.05) is 44.0 Å². The van der Waals surface area contributed by atoms with Crippen molar-refractivity contribution < 1.29 is 24.2 Å². The van der Waals surface area contributed by atoms with Crippen LogP contribution in [0, 0.1) is 5.92 Å². The summed E-state index contributed by atoms with van der Waals surface area (Å²) in [6, 6.07) is 23.8. The molecule has 0 saturated carbocycles. The summed E-state index contributed by atoms with van der Waals surface area (Å²) in [6.45, 7) is 8.24. The maximum Gasteiger partial charge on any atom is 0.323 e. The van der Waals surface area contributed by atoms with Gasteiger partial charge in [-0.25, -0.2) is 4.79 Å². The fraction of sp³-hybridized carbons (Fsp3) is 0.444. The highest BCUT2D eigenvalue weighted by atomic mass is 16.5. The van der Waals surface area contributed by atoms with Crippen LogP contribution in [0.15, 0.2) is 78.9 Å². The number of nitrogens with zero attached hydrogens (tertiary/aromatic N) is 2. The average molecular weight is 617 g/mol. The standard InChI is InChI=1S/C36H48N4O5/c1-26-22-40(27(2)25-41)35(42)32-21-31(38-36(43)37-30-16-9-6-10-17-30)18-19-33(32)45-28(3)13-11-12-20-44-34(26)24-39(4)23-29-14-7-5-8-15-29/h5-10,14-19,21,26-28,34,41H,11-13,20,22-25H2,1-4H3,(H2,37,38,43)/t26-,27-,28+,34-/m1/s1. The van der Waals surface area contributed by atoms with Crippen molar-refractivity contribution in [3.63, 3.8) is 0 Å². The molecule has 1 heterocycles. The first kappa shape index (κ1) is 34.0. The van der Waals surface area contributed by atoms with E-state index in [0.717, 1.165) is 25.8 Å². The van der Waals surface area contributed by atoms with Crippen molar-refractivity contribution in [3.8, 4) is 5.75 Å². The van der Waals surface area contributed by atoms with E-state index in [1.165, 1.54) is 5.56 Å². The smallest absolute Gasteiger partial charge is 0.323 e. The van der Waals surface area contributed by atoms with Crippen LogP contribution in [0.2, 0.25) is 0 Å². The van der Waals surface area contributed by atoms with Gasteiger partial charge in [0.25, 0.3) is 5.91 Å².